The largest absolute Gasteiger partial charge is 0.313 e. The molecule has 0 spiro atoms. The summed E-state index contributed by atoms with van der Waals surface area (Å²) in [4.78, 5) is 0. The van der Waals surface area contributed by atoms with Gasteiger partial charge in [-0.3, -0.25) is 0 Å². The van der Waals surface area contributed by atoms with Gasteiger partial charge in [0.25, 0.3) is 0 Å². The van der Waals surface area contributed by atoms with Gasteiger partial charge in [-0.15, -0.1) is 0 Å². The molecule has 0 heterocycles. The molecule has 0 amide bonds. The van der Waals surface area contributed by atoms with E-state index in [1.165, 1.54) is 25.5 Å². The second-order valence-corrected chi connectivity index (χ2v) is 2.56. The first-order chi connectivity index (χ1) is 4.43. The van der Waals surface area contributed by atoms with Crippen molar-refractivity contribution in [2.45, 2.75) is 25.7 Å². The third-order valence-electron chi connectivity index (χ3n) is 1.77. The molecule has 9 heavy (non-hydrogen) atoms. The van der Waals surface area contributed by atoms with Crippen molar-refractivity contribution in [1.82, 2.24) is 0 Å². The summed E-state index contributed by atoms with van der Waals surface area (Å²) in [5.74, 6) is 0.677. The fraction of sp³-hybridized carbons (Fsp3) is 0.625. The molecule has 0 saturated carbocycles. The smallest absolute Gasteiger partial charge is 0.00419 e. The van der Waals surface area contributed by atoms with Crippen LogP contribution in [0, 0.1) is 11.3 Å². The van der Waals surface area contributed by atoms with Crippen LogP contribution in [-0.4, -0.2) is 6.21 Å². The Balaban J connectivity index is 2.31. The molecule has 1 unspecified atom stereocenters. The Morgan fingerprint density at radius 2 is 2.56 bits per heavy atom. The maximum atomic E-state index is 6.88. The van der Waals surface area contributed by atoms with Gasteiger partial charge in [0, 0.05) is 0 Å². The highest BCUT2D eigenvalue weighted by atomic mass is 14.3. The van der Waals surface area contributed by atoms with Gasteiger partial charge < -0.3 is 5.41 Å². The van der Waals surface area contributed by atoms with Crippen molar-refractivity contribution in [3.63, 3.8) is 0 Å². The molecule has 0 aromatic carbocycles. The van der Waals surface area contributed by atoms with Crippen LogP contribution < -0.4 is 0 Å². The Labute approximate surface area is 56.3 Å². The first-order valence-corrected chi connectivity index (χ1v) is 3.59. The summed E-state index contributed by atoms with van der Waals surface area (Å²) in [6, 6.07) is 0. The van der Waals surface area contributed by atoms with Crippen LogP contribution in [0.25, 0.3) is 0 Å². The lowest BCUT2D eigenvalue weighted by Gasteiger charge is -2.12. The Morgan fingerprint density at radius 3 is 3.11 bits per heavy atom. The lowest BCUT2D eigenvalue weighted by molar-refractivity contribution is 0.560. The molecule has 1 nitrogen and oxygen atoms in total. The van der Waals surface area contributed by atoms with Crippen LogP contribution >= 0.6 is 0 Å². The van der Waals surface area contributed by atoms with E-state index in [1.54, 1.807) is 0 Å². The van der Waals surface area contributed by atoms with Gasteiger partial charge in [0.15, 0.2) is 0 Å². The molecule has 0 aromatic rings. The van der Waals surface area contributed by atoms with Crippen molar-refractivity contribution in [1.29, 1.82) is 5.41 Å². The summed E-state index contributed by atoms with van der Waals surface area (Å²) >= 11 is 0. The first kappa shape index (κ1) is 6.53. The molecule has 0 saturated heterocycles. The summed E-state index contributed by atoms with van der Waals surface area (Å²) in [7, 11) is 0. The van der Waals surface area contributed by atoms with E-state index in [0.717, 1.165) is 6.42 Å². The molecule has 1 aliphatic rings. The molecule has 1 rings (SSSR count). The van der Waals surface area contributed by atoms with E-state index in [2.05, 4.69) is 12.2 Å². The van der Waals surface area contributed by atoms with Gasteiger partial charge in [-0.25, -0.2) is 0 Å². The van der Waals surface area contributed by atoms with Crippen LogP contribution in [0.4, 0.5) is 0 Å². The van der Waals surface area contributed by atoms with Crippen molar-refractivity contribution >= 4 is 6.21 Å². The van der Waals surface area contributed by atoms with Crippen molar-refractivity contribution in [3.05, 3.63) is 12.2 Å². The zero-order valence-corrected chi connectivity index (χ0v) is 5.64. The molecule has 1 aliphatic carbocycles. The first-order valence-electron chi connectivity index (χ1n) is 3.59. The summed E-state index contributed by atoms with van der Waals surface area (Å²) in [6.45, 7) is 0. The van der Waals surface area contributed by atoms with Crippen LogP contribution in [0.1, 0.15) is 25.7 Å². The van der Waals surface area contributed by atoms with Gasteiger partial charge in [-0.2, -0.15) is 0 Å². The van der Waals surface area contributed by atoms with Gasteiger partial charge in [-0.05, 0) is 37.8 Å². The minimum absolute atomic E-state index is 0.677. The second-order valence-electron chi connectivity index (χ2n) is 2.56. The molecule has 0 aliphatic heterocycles. The minimum Gasteiger partial charge on any atom is -0.313 e. The number of hydrogen-bond acceptors (Lipinski definition) is 1. The zero-order valence-electron chi connectivity index (χ0n) is 5.64. The van der Waals surface area contributed by atoms with E-state index in [-0.39, 0.29) is 0 Å². The third kappa shape index (κ3) is 2.00. The summed E-state index contributed by atoms with van der Waals surface area (Å²) < 4.78 is 0. The predicted molar refractivity (Wildman–Crippen MR) is 39.9 cm³/mol. The van der Waals surface area contributed by atoms with E-state index < -0.39 is 0 Å². The highest BCUT2D eigenvalue weighted by molar-refractivity contribution is 5.53. The molecule has 0 bridgehead atoms. The molecular weight excluding hydrogens is 110 g/mol. The lowest BCUT2D eigenvalue weighted by atomic mass is 9.94. The lowest BCUT2D eigenvalue weighted by Crippen LogP contribution is -2.00. The topological polar surface area (TPSA) is 23.9 Å². The van der Waals surface area contributed by atoms with Crippen LogP contribution in [-0.2, 0) is 0 Å². The van der Waals surface area contributed by atoms with Crippen LogP contribution in [0.3, 0.4) is 0 Å². The molecule has 50 valence electrons. The van der Waals surface area contributed by atoms with E-state index >= 15 is 0 Å². The molecule has 0 radical (unpaired) electrons. The fourth-order valence-corrected chi connectivity index (χ4v) is 1.23. The van der Waals surface area contributed by atoms with E-state index in [4.69, 9.17) is 5.41 Å². The normalized spacial score (nSPS) is 26.0. The zero-order chi connectivity index (χ0) is 6.53. The number of rotatable bonds is 2. The summed E-state index contributed by atoms with van der Waals surface area (Å²) in [6.07, 6.45) is 10.8. The monoisotopic (exact) mass is 123 g/mol. The Bertz CT molecular complexity index is 116. The van der Waals surface area contributed by atoms with Gasteiger partial charge >= 0.3 is 0 Å². The molecular formula is C8H13N. The van der Waals surface area contributed by atoms with E-state index in [0.29, 0.717) is 5.92 Å². The summed E-state index contributed by atoms with van der Waals surface area (Å²) in [5, 5.41) is 6.88. The van der Waals surface area contributed by atoms with Crippen molar-refractivity contribution in [3.8, 4) is 0 Å². The number of allylic oxidation sites excluding steroid dienone is 2. The highest BCUT2D eigenvalue weighted by Gasteiger charge is 2.04. The Kier molecular flexibility index (Phi) is 2.49. The van der Waals surface area contributed by atoms with Crippen LogP contribution in [0.2, 0.25) is 0 Å². The van der Waals surface area contributed by atoms with Gasteiger partial charge in [0.2, 0.25) is 0 Å². The molecule has 1 N–H and O–H groups in total. The molecule has 0 aromatic heterocycles. The van der Waals surface area contributed by atoms with Gasteiger partial charge in [0.05, 0.1) is 0 Å². The van der Waals surface area contributed by atoms with Gasteiger partial charge in [-0.1, -0.05) is 12.2 Å². The number of hydrogen-bond donors (Lipinski definition) is 1. The molecule has 1 atom stereocenters. The molecule has 1 heteroatoms. The average Bonchev–Trinajstić information content (AvgIpc) is 1.91. The quantitative estimate of drug-likeness (QED) is 0.430. The third-order valence-corrected chi connectivity index (χ3v) is 1.77. The Hall–Kier alpha value is -0.590. The summed E-state index contributed by atoms with van der Waals surface area (Å²) in [5.41, 5.74) is 0. The van der Waals surface area contributed by atoms with Crippen LogP contribution in [0.15, 0.2) is 12.2 Å². The van der Waals surface area contributed by atoms with Crippen molar-refractivity contribution in [2.75, 3.05) is 0 Å². The van der Waals surface area contributed by atoms with Crippen LogP contribution in [0.5, 0.6) is 0 Å². The van der Waals surface area contributed by atoms with E-state index in [9.17, 15) is 0 Å². The average molecular weight is 123 g/mol. The maximum Gasteiger partial charge on any atom is -0.00419 e. The van der Waals surface area contributed by atoms with Gasteiger partial charge in [0.1, 0.15) is 0 Å². The predicted octanol–water partition coefficient (Wildman–Crippen LogP) is 2.38. The Morgan fingerprint density at radius 1 is 1.67 bits per heavy atom. The SMILES string of the molecule is N=CCC1C=CCCC1. The fourth-order valence-electron chi connectivity index (χ4n) is 1.23. The van der Waals surface area contributed by atoms with E-state index in [1.807, 2.05) is 0 Å². The van der Waals surface area contributed by atoms with Crippen molar-refractivity contribution in [2.24, 2.45) is 5.92 Å². The molecule has 0 fully saturated rings. The van der Waals surface area contributed by atoms with Crippen molar-refractivity contribution < 1.29 is 0 Å². The minimum atomic E-state index is 0.677. The number of nitrogens with one attached hydrogen (secondary N) is 1. The standard InChI is InChI=1S/C8H13N/c9-7-6-8-4-2-1-3-5-8/h2,4,7-9H,1,3,5-6H2. The maximum absolute atomic E-state index is 6.88. The second kappa shape index (κ2) is 3.44. The highest BCUT2D eigenvalue weighted by Crippen LogP contribution is 2.18.